The van der Waals surface area contributed by atoms with Crippen molar-refractivity contribution in [2.75, 3.05) is 46.3 Å². The smallest absolute Gasteiger partial charge is 0.269 e. The van der Waals surface area contributed by atoms with Crippen molar-refractivity contribution in [3.05, 3.63) is 36.2 Å². The molecule has 1 fully saturated rings. The number of hydrogen-bond acceptors (Lipinski definition) is 9. The molecule has 186 valence electrons. The van der Waals surface area contributed by atoms with Crippen LogP contribution < -0.4 is 24.8 Å². The maximum Gasteiger partial charge on any atom is 0.269 e. The molecule has 35 heavy (non-hydrogen) atoms. The highest BCUT2D eigenvalue weighted by atomic mass is 16.5. The maximum absolute atomic E-state index is 12.8. The Morgan fingerprint density at radius 3 is 2.40 bits per heavy atom. The number of anilines is 2. The number of carbonyl (C=O) groups is 1. The number of aryl methyl sites for hydroxylation is 1. The van der Waals surface area contributed by atoms with Crippen molar-refractivity contribution in [2.45, 2.75) is 19.4 Å². The number of carbonyl (C=O) groups excluding carboxylic acids is 1. The van der Waals surface area contributed by atoms with E-state index in [1.165, 1.54) is 6.42 Å². The summed E-state index contributed by atoms with van der Waals surface area (Å²) in [6.07, 6.45) is 2.85. The monoisotopic (exact) mass is 481 g/mol. The summed E-state index contributed by atoms with van der Waals surface area (Å²) < 4.78 is 17.7. The summed E-state index contributed by atoms with van der Waals surface area (Å²) in [7, 11) is 6.40. The third kappa shape index (κ3) is 5.46. The summed E-state index contributed by atoms with van der Waals surface area (Å²) in [5.74, 6) is 1.71. The lowest BCUT2D eigenvalue weighted by Gasteiger charge is -2.33. The van der Waals surface area contributed by atoms with Gasteiger partial charge >= 0.3 is 0 Å². The van der Waals surface area contributed by atoms with E-state index in [2.05, 4.69) is 30.6 Å². The van der Waals surface area contributed by atoms with E-state index in [0.717, 1.165) is 19.6 Å². The van der Waals surface area contributed by atoms with E-state index in [9.17, 15) is 4.79 Å². The molecule has 0 radical (unpaired) electrons. The van der Waals surface area contributed by atoms with Crippen LogP contribution in [-0.4, -0.2) is 77.6 Å². The number of nitrogens with zero attached hydrogens (tertiary/aromatic N) is 5. The topological polar surface area (TPSA) is 116 Å². The highest BCUT2D eigenvalue weighted by molar-refractivity contribution is 5.93. The molecule has 1 aromatic carbocycles. The first kappa shape index (κ1) is 24.3. The second-order valence-electron chi connectivity index (χ2n) is 8.37. The standard InChI is InChI=1S/C24H31N7O4/c1-15(14-31-9-6-10-31)26-23(32)19-13-18(29-30(19)2)17-7-8-25-24(28-17)27-16-11-20(33-3)22(35-5)21(12-16)34-4/h7-8,11-13,15H,6,9-10,14H2,1-5H3,(H,26,32)(H,25,27,28). The molecule has 0 spiro atoms. The summed E-state index contributed by atoms with van der Waals surface area (Å²) in [5, 5.41) is 10.7. The minimum atomic E-state index is -0.163. The van der Waals surface area contributed by atoms with Crippen molar-refractivity contribution in [3.63, 3.8) is 0 Å². The second kappa shape index (κ2) is 10.6. The molecule has 1 atom stereocenters. The van der Waals surface area contributed by atoms with Gasteiger partial charge in [-0.25, -0.2) is 9.97 Å². The van der Waals surface area contributed by atoms with E-state index in [0.29, 0.717) is 46.0 Å². The maximum atomic E-state index is 12.8. The minimum absolute atomic E-state index is 0.0504. The zero-order valence-corrected chi connectivity index (χ0v) is 20.7. The number of hydrogen-bond donors (Lipinski definition) is 2. The van der Waals surface area contributed by atoms with Crippen LogP contribution >= 0.6 is 0 Å². The van der Waals surface area contributed by atoms with Crippen LogP contribution in [0.1, 0.15) is 23.8 Å². The number of likely N-dealkylation sites (tertiary alicyclic amines) is 1. The number of amides is 1. The SMILES string of the molecule is COc1cc(Nc2nccc(-c3cc(C(=O)NC(C)CN4CCC4)n(C)n3)n2)cc(OC)c1OC. The number of benzene rings is 1. The zero-order chi connectivity index (χ0) is 24.9. The van der Waals surface area contributed by atoms with Crippen molar-refractivity contribution in [1.29, 1.82) is 0 Å². The Morgan fingerprint density at radius 1 is 1.09 bits per heavy atom. The van der Waals surface area contributed by atoms with Gasteiger partial charge in [-0.1, -0.05) is 0 Å². The Labute approximate surface area is 204 Å². The van der Waals surface area contributed by atoms with E-state index in [4.69, 9.17) is 14.2 Å². The summed E-state index contributed by atoms with van der Waals surface area (Å²) in [5.41, 5.74) is 2.28. The summed E-state index contributed by atoms with van der Waals surface area (Å²) >= 11 is 0. The number of ether oxygens (including phenoxy) is 3. The van der Waals surface area contributed by atoms with E-state index >= 15 is 0 Å². The third-order valence-corrected chi connectivity index (χ3v) is 5.81. The predicted molar refractivity (Wildman–Crippen MR) is 132 cm³/mol. The van der Waals surface area contributed by atoms with Gasteiger partial charge in [0.25, 0.3) is 5.91 Å². The molecule has 1 aliphatic rings. The van der Waals surface area contributed by atoms with Crippen LogP contribution in [0.3, 0.4) is 0 Å². The van der Waals surface area contributed by atoms with Gasteiger partial charge in [0, 0.05) is 43.7 Å². The lowest BCUT2D eigenvalue weighted by Crippen LogP contribution is -2.47. The molecule has 0 bridgehead atoms. The molecule has 11 heteroatoms. The molecule has 1 aliphatic heterocycles. The molecule has 1 unspecified atom stereocenters. The lowest BCUT2D eigenvalue weighted by atomic mass is 10.2. The van der Waals surface area contributed by atoms with Crippen LogP contribution in [0.4, 0.5) is 11.6 Å². The first-order chi connectivity index (χ1) is 16.9. The Kier molecular flexibility index (Phi) is 7.35. The average Bonchev–Trinajstić information content (AvgIpc) is 3.22. The summed E-state index contributed by atoms with van der Waals surface area (Å²) in [6.45, 7) is 5.05. The second-order valence-corrected chi connectivity index (χ2v) is 8.37. The van der Waals surface area contributed by atoms with Crippen LogP contribution in [0, 0.1) is 0 Å². The van der Waals surface area contributed by atoms with Crippen LogP contribution in [0.25, 0.3) is 11.4 Å². The largest absolute Gasteiger partial charge is 0.493 e. The molecule has 1 amide bonds. The van der Waals surface area contributed by atoms with Gasteiger partial charge in [-0.2, -0.15) is 5.10 Å². The first-order valence-electron chi connectivity index (χ1n) is 11.4. The minimum Gasteiger partial charge on any atom is -0.493 e. The van der Waals surface area contributed by atoms with Gasteiger partial charge in [-0.3, -0.25) is 9.48 Å². The molecule has 2 aromatic heterocycles. The Balaban J connectivity index is 1.51. The zero-order valence-electron chi connectivity index (χ0n) is 20.7. The fourth-order valence-electron chi connectivity index (χ4n) is 3.94. The van der Waals surface area contributed by atoms with E-state index in [1.807, 2.05) is 6.92 Å². The van der Waals surface area contributed by atoms with Crippen molar-refractivity contribution >= 4 is 17.5 Å². The molecular weight excluding hydrogens is 450 g/mol. The Bertz CT molecular complexity index is 1170. The summed E-state index contributed by atoms with van der Waals surface area (Å²) in [6, 6.07) is 7.06. The van der Waals surface area contributed by atoms with Crippen LogP contribution in [-0.2, 0) is 7.05 Å². The number of methoxy groups -OCH3 is 3. The highest BCUT2D eigenvalue weighted by Gasteiger charge is 2.21. The van der Waals surface area contributed by atoms with Crippen molar-refractivity contribution in [1.82, 2.24) is 30.0 Å². The van der Waals surface area contributed by atoms with Crippen molar-refractivity contribution < 1.29 is 19.0 Å². The van der Waals surface area contributed by atoms with Gasteiger partial charge < -0.3 is 29.7 Å². The summed E-state index contributed by atoms with van der Waals surface area (Å²) in [4.78, 5) is 24.0. The predicted octanol–water partition coefficient (Wildman–Crippen LogP) is 2.47. The molecular formula is C24H31N7O4. The molecule has 3 heterocycles. The van der Waals surface area contributed by atoms with Crippen molar-refractivity contribution in [2.24, 2.45) is 7.05 Å². The first-order valence-corrected chi connectivity index (χ1v) is 11.4. The quantitative estimate of drug-likeness (QED) is 0.450. The average molecular weight is 482 g/mol. The van der Waals surface area contributed by atoms with Gasteiger partial charge in [-0.05, 0) is 38.6 Å². The number of rotatable bonds is 10. The Morgan fingerprint density at radius 2 is 1.80 bits per heavy atom. The Hall–Kier alpha value is -3.86. The number of aromatic nitrogens is 4. The lowest BCUT2D eigenvalue weighted by molar-refractivity contribution is 0.0905. The molecule has 4 rings (SSSR count). The van der Waals surface area contributed by atoms with Gasteiger partial charge in [0.1, 0.15) is 11.4 Å². The van der Waals surface area contributed by atoms with Crippen LogP contribution in [0.2, 0.25) is 0 Å². The normalized spacial score (nSPS) is 14.1. The highest BCUT2D eigenvalue weighted by Crippen LogP contribution is 2.40. The van der Waals surface area contributed by atoms with E-state index in [-0.39, 0.29) is 11.9 Å². The molecule has 0 aliphatic carbocycles. The van der Waals surface area contributed by atoms with Gasteiger partial charge in [0.05, 0.1) is 27.0 Å². The van der Waals surface area contributed by atoms with Gasteiger partial charge in [0.15, 0.2) is 11.5 Å². The number of nitrogens with one attached hydrogen (secondary N) is 2. The fraction of sp³-hybridized carbons (Fsp3) is 0.417. The van der Waals surface area contributed by atoms with Gasteiger partial charge in [-0.15, -0.1) is 0 Å². The fourth-order valence-corrected chi connectivity index (χ4v) is 3.94. The molecule has 2 N–H and O–H groups in total. The van der Waals surface area contributed by atoms with E-state index in [1.54, 1.807) is 63.5 Å². The molecule has 1 saturated heterocycles. The van der Waals surface area contributed by atoms with Crippen LogP contribution in [0.5, 0.6) is 17.2 Å². The molecule has 0 saturated carbocycles. The van der Waals surface area contributed by atoms with E-state index < -0.39 is 0 Å². The third-order valence-electron chi connectivity index (χ3n) is 5.81. The van der Waals surface area contributed by atoms with Crippen molar-refractivity contribution in [3.8, 4) is 28.6 Å². The van der Waals surface area contributed by atoms with Gasteiger partial charge in [0.2, 0.25) is 11.7 Å². The molecule has 3 aromatic rings. The molecule has 11 nitrogen and oxygen atoms in total. The van der Waals surface area contributed by atoms with Crippen LogP contribution in [0.15, 0.2) is 30.5 Å².